The van der Waals surface area contributed by atoms with Gasteiger partial charge in [0.1, 0.15) is 28.5 Å². The molecular formula is C31H28FN3O5. The van der Waals surface area contributed by atoms with Gasteiger partial charge in [-0.05, 0) is 66.9 Å². The highest BCUT2D eigenvalue weighted by Gasteiger charge is 2.56. The van der Waals surface area contributed by atoms with Gasteiger partial charge in [0.05, 0.1) is 18.2 Å². The molecule has 204 valence electrons. The molecule has 1 N–H and O–H groups in total. The number of nitrogens with zero attached hydrogens (tertiary/aromatic N) is 2. The quantitative estimate of drug-likeness (QED) is 0.297. The molecular weight excluding hydrogens is 513 g/mol. The van der Waals surface area contributed by atoms with Gasteiger partial charge in [0.15, 0.2) is 5.78 Å². The number of benzene rings is 3. The van der Waals surface area contributed by atoms with E-state index in [2.05, 4.69) is 10.3 Å². The van der Waals surface area contributed by atoms with Crippen LogP contribution in [0.25, 0.3) is 10.9 Å². The number of rotatable bonds is 9. The summed E-state index contributed by atoms with van der Waals surface area (Å²) in [6.07, 6.45) is 2.71. The van der Waals surface area contributed by atoms with Crippen molar-refractivity contribution in [2.75, 3.05) is 26.1 Å². The summed E-state index contributed by atoms with van der Waals surface area (Å²) in [6.45, 7) is 0. The number of amides is 2. The molecule has 5 rings (SSSR count). The molecule has 40 heavy (non-hydrogen) atoms. The summed E-state index contributed by atoms with van der Waals surface area (Å²) < 4.78 is 24.8. The van der Waals surface area contributed by atoms with Crippen LogP contribution in [0.4, 0.5) is 10.1 Å². The Hall–Kier alpha value is -4.79. The van der Waals surface area contributed by atoms with E-state index in [1.165, 1.54) is 36.3 Å². The van der Waals surface area contributed by atoms with E-state index in [9.17, 15) is 18.8 Å². The molecule has 3 aromatic carbocycles. The van der Waals surface area contributed by atoms with E-state index in [0.29, 0.717) is 52.2 Å². The van der Waals surface area contributed by atoms with Gasteiger partial charge in [-0.15, -0.1) is 0 Å². The average Bonchev–Trinajstić information content (AvgIpc) is 3.79. The summed E-state index contributed by atoms with van der Waals surface area (Å²) in [6, 6.07) is 17.8. The third-order valence-electron chi connectivity index (χ3n) is 7.22. The monoisotopic (exact) mass is 541 g/mol. The number of methoxy groups -OCH3 is 1. The molecule has 1 heterocycles. The Morgan fingerprint density at radius 3 is 2.33 bits per heavy atom. The molecule has 1 aliphatic rings. The van der Waals surface area contributed by atoms with Crippen molar-refractivity contribution in [2.45, 2.75) is 19.3 Å². The third-order valence-corrected chi connectivity index (χ3v) is 7.22. The van der Waals surface area contributed by atoms with Gasteiger partial charge in [-0.3, -0.25) is 19.4 Å². The van der Waals surface area contributed by atoms with Gasteiger partial charge in [-0.1, -0.05) is 12.1 Å². The molecule has 1 aromatic heterocycles. The first kappa shape index (κ1) is 26.8. The minimum Gasteiger partial charge on any atom is -0.496 e. The van der Waals surface area contributed by atoms with Crippen molar-refractivity contribution in [3.8, 4) is 17.2 Å². The molecule has 0 unspecified atom stereocenters. The van der Waals surface area contributed by atoms with Crippen LogP contribution in [0.1, 0.15) is 28.8 Å². The van der Waals surface area contributed by atoms with Crippen molar-refractivity contribution in [1.82, 2.24) is 10.3 Å². The Bertz CT molecular complexity index is 1600. The number of hydrogen-bond donors (Lipinski definition) is 1. The van der Waals surface area contributed by atoms with E-state index in [1.54, 1.807) is 62.8 Å². The number of hydrogen-bond acceptors (Lipinski definition) is 6. The molecule has 9 heteroatoms. The van der Waals surface area contributed by atoms with Crippen LogP contribution in [0.3, 0.4) is 0 Å². The van der Waals surface area contributed by atoms with Crippen molar-refractivity contribution < 1.29 is 28.2 Å². The Labute approximate surface area is 230 Å². The smallest absolute Gasteiger partial charge is 0.254 e. The molecule has 1 fully saturated rings. The Balaban J connectivity index is 1.30. The Kier molecular flexibility index (Phi) is 7.21. The molecule has 1 saturated carbocycles. The summed E-state index contributed by atoms with van der Waals surface area (Å²) in [5.74, 6) is 0.347. The van der Waals surface area contributed by atoms with Crippen LogP contribution in [-0.2, 0) is 16.0 Å². The highest BCUT2D eigenvalue weighted by atomic mass is 19.1. The van der Waals surface area contributed by atoms with Crippen LogP contribution < -0.4 is 19.7 Å². The zero-order valence-electron chi connectivity index (χ0n) is 22.4. The number of nitrogens with one attached hydrogen (secondary N) is 1. The number of fused-ring (bicyclic) bond motifs is 1. The van der Waals surface area contributed by atoms with Gasteiger partial charge in [0.2, 0.25) is 5.91 Å². The van der Waals surface area contributed by atoms with Crippen molar-refractivity contribution in [3.63, 3.8) is 0 Å². The third kappa shape index (κ3) is 5.10. The van der Waals surface area contributed by atoms with Gasteiger partial charge < -0.3 is 19.7 Å². The number of halogens is 1. The van der Waals surface area contributed by atoms with Gasteiger partial charge in [0, 0.05) is 43.9 Å². The lowest BCUT2D eigenvalue weighted by Crippen LogP contribution is -2.39. The summed E-state index contributed by atoms with van der Waals surface area (Å²) in [4.78, 5) is 44.6. The second-order valence-electron chi connectivity index (χ2n) is 9.73. The zero-order valence-corrected chi connectivity index (χ0v) is 22.4. The van der Waals surface area contributed by atoms with E-state index in [-0.39, 0.29) is 29.8 Å². The molecule has 1 aliphatic carbocycles. The Morgan fingerprint density at radius 1 is 1.00 bits per heavy atom. The number of ketones is 1. The molecule has 0 spiro atoms. The van der Waals surface area contributed by atoms with E-state index in [0.717, 1.165) is 5.56 Å². The molecule has 0 bridgehead atoms. The maximum atomic E-state index is 13.3. The van der Waals surface area contributed by atoms with Crippen molar-refractivity contribution in [1.29, 1.82) is 0 Å². The zero-order chi connectivity index (χ0) is 28.4. The molecule has 4 aromatic rings. The van der Waals surface area contributed by atoms with Crippen LogP contribution >= 0.6 is 0 Å². The standard InChI is InChI=1S/C31H28FN3O5/c1-33-29(37)24-17-23-25(18-27(24)39-3)34-15-12-26(23)40-22-10-4-19(5-11-22)16-28(36)31(13-14-31)30(38)35(2)21-8-6-20(32)7-9-21/h4-12,15,17-18H,13-14,16H2,1-3H3,(H,33,37). The van der Waals surface area contributed by atoms with Crippen molar-refractivity contribution in [2.24, 2.45) is 5.41 Å². The second-order valence-corrected chi connectivity index (χ2v) is 9.73. The summed E-state index contributed by atoms with van der Waals surface area (Å²) in [5.41, 5.74) is 1.22. The lowest BCUT2D eigenvalue weighted by atomic mass is 9.93. The highest BCUT2D eigenvalue weighted by molar-refractivity contribution is 6.15. The minimum atomic E-state index is -1.04. The van der Waals surface area contributed by atoms with Crippen molar-refractivity contribution in [3.05, 3.63) is 89.9 Å². The Morgan fingerprint density at radius 2 is 1.70 bits per heavy atom. The predicted molar refractivity (Wildman–Crippen MR) is 148 cm³/mol. The number of carbonyl (C=O) groups is 3. The fraction of sp³-hybridized carbons (Fsp3) is 0.226. The van der Waals surface area contributed by atoms with Gasteiger partial charge in [0.25, 0.3) is 5.91 Å². The van der Waals surface area contributed by atoms with Crippen LogP contribution in [-0.4, -0.2) is 43.8 Å². The number of ether oxygens (including phenoxy) is 2. The molecule has 0 atom stereocenters. The molecule has 0 aliphatic heterocycles. The molecule has 0 radical (unpaired) electrons. The minimum absolute atomic E-state index is 0.108. The molecule has 0 saturated heterocycles. The van der Waals surface area contributed by atoms with E-state index < -0.39 is 5.41 Å². The summed E-state index contributed by atoms with van der Waals surface area (Å²) in [7, 11) is 4.64. The van der Waals surface area contributed by atoms with Gasteiger partial charge in [-0.25, -0.2) is 4.39 Å². The SMILES string of the molecule is CNC(=O)c1cc2c(Oc3ccc(CC(=O)C4(C(=O)N(C)c5ccc(F)cc5)CC4)cc3)ccnc2cc1OC. The molecule has 8 nitrogen and oxygen atoms in total. The number of aromatic nitrogens is 1. The fourth-order valence-electron chi connectivity index (χ4n) is 4.72. The van der Waals surface area contributed by atoms with Gasteiger partial charge in [-0.2, -0.15) is 0 Å². The highest BCUT2D eigenvalue weighted by Crippen LogP contribution is 2.49. The summed E-state index contributed by atoms with van der Waals surface area (Å²) >= 11 is 0. The van der Waals surface area contributed by atoms with Crippen LogP contribution in [0, 0.1) is 11.2 Å². The van der Waals surface area contributed by atoms with E-state index >= 15 is 0 Å². The fourth-order valence-corrected chi connectivity index (χ4v) is 4.72. The van der Waals surface area contributed by atoms with Crippen LogP contribution in [0.5, 0.6) is 17.2 Å². The lowest BCUT2D eigenvalue weighted by Gasteiger charge is -2.23. The second kappa shape index (κ2) is 10.8. The number of anilines is 1. The van der Waals surface area contributed by atoms with E-state index in [1.807, 2.05) is 0 Å². The summed E-state index contributed by atoms with van der Waals surface area (Å²) in [5, 5.41) is 3.24. The average molecular weight is 542 g/mol. The van der Waals surface area contributed by atoms with E-state index in [4.69, 9.17) is 9.47 Å². The van der Waals surface area contributed by atoms with Crippen LogP contribution in [0.15, 0.2) is 72.9 Å². The first-order valence-electron chi connectivity index (χ1n) is 12.8. The first-order chi connectivity index (χ1) is 19.3. The largest absolute Gasteiger partial charge is 0.496 e. The lowest BCUT2D eigenvalue weighted by molar-refractivity contribution is -0.133. The van der Waals surface area contributed by atoms with Gasteiger partial charge >= 0.3 is 0 Å². The molecule has 2 amide bonds. The number of carbonyl (C=O) groups excluding carboxylic acids is 3. The number of Topliss-reactive ketones (excluding diaryl/α,β-unsaturated/α-hetero) is 1. The maximum absolute atomic E-state index is 13.3. The topological polar surface area (TPSA) is 97.8 Å². The maximum Gasteiger partial charge on any atom is 0.254 e. The predicted octanol–water partition coefficient (Wildman–Crippen LogP) is 5.09. The number of pyridine rings is 1. The normalized spacial score (nSPS) is 13.4. The van der Waals surface area contributed by atoms with Crippen LogP contribution in [0.2, 0.25) is 0 Å². The van der Waals surface area contributed by atoms with Crippen molar-refractivity contribution >= 4 is 34.2 Å². The first-order valence-corrected chi connectivity index (χ1v) is 12.8.